The zero-order valence-corrected chi connectivity index (χ0v) is 20.0. The molecule has 2 rings (SSSR count). The van der Waals surface area contributed by atoms with Crippen molar-refractivity contribution in [3.8, 4) is 0 Å². The largest absolute Gasteiger partial charge is 0.480 e. The Bertz CT molecular complexity index is 1030. The molecular weight excluding hydrogens is 494 g/mol. The summed E-state index contributed by atoms with van der Waals surface area (Å²) in [5.41, 5.74) is 12.1. The third kappa shape index (κ3) is 9.03. The number of carbonyl (C=O) groups excluding carboxylic acids is 4. The van der Waals surface area contributed by atoms with Gasteiger partial charge in [-0.2, -0.15) is 12.6 Å². The number of carboxylic acids is 1. The van der Waals surface area contributed by atoms with Crippen molar-refractivity contribution in [2.75, 3.05) is 5.75 Å². The van der Waals surface area contributed by atoms with Crippen molar-refractivity contribution in [3.05, 3.63) is 36.4 Å². The molecule has 16 heteroatoms. The SMILES string of the molecule is NC(=O)CCC(NC(=O)C(Cc1cnc[nH]1)NC(=O)C(CS)NC(=O)C(N)Cc1cnc[nH]1)C(=O)O. The number of carbonyl (C=O) groups is 5. The topological polar surface area (TPSA) is 251 Å². The highest BCUT2D eigenvalue weighted by Gasteiger charge is 2.30. The average Bonchev–Trinajstić information content (AvgIpc) is 3.53. The lowest BCUT2D eigenvalue weighted by molar-refractivity contribution is -0.142. The molecule has 36 heavy (non-hydrogen) atoms. The lowest BCUT2D eigenvalue weighted by Crippen LogP contribution is -2.58. The van der Waals surface area contributed by atoms with Crippen LogP contribution in [0.3, 0.4) is 0 Å². The van der Waals surface area contributed by atoms with E-state index in [4.69, 9.17) is 11.5 Å². The Morgan fingerprint density at radius 3 is 1.92 bits per heavy atom. The van der Waals surface area contributed by atoms with E-state index < -0.39 is 53.8 Å². The zero-order chi connectivity index (χ0) is 26.7. The minimum absolute atomic E-state index is 0.0632. The van der Waals surface area contributed by atoms with Gasteiger partial charge in [0.25, 0.3) is 0 Å². The molecule has 0 fully saturated rings. The van der Waals surface area contributed by atoms with E-state index in [9.17, 15) is 29.1 Å². The van der Waals surface area contributed by atoms with Gasteiger partial charge in [0.15, 0.2) is 0 Å². The quantitative estimate of drug-likeness (QED) is 0.108. The van der Waals surface area contributed by atoms with E-state index in [1.165, 1.54) is 25.0 Å². The normalized spacial score (nSPS) is 14.2. The number of hydrogen-bond acceptors (Lipinski definition) is 9. The van der Waals surface area contributed by atoms with Gasteiger partial charge >= 0.3 is 5.97 Å². The van der Waals surface area contributed by atoms with Crippen LogP contribution < -0.4 is 27.4 Å². The first-order chi connectivity index (χ1) is 17.1. The Morgan fingerprint density at radius 2 is 1.42 bits per heavy atom. The number of aromatic nitrogens is 4. The molecule has 4 atom stereocenters. The smallest absolute Gasteiger partial charge is 0.326 e. The maximum absolute atomic E-state index is 12.9. The van der Waals surface area contributed by atoms with Gasteiger partial charge in [-0.15, -0.1) is 0 Å². The number of amides is 4. The number of hydrogen-bond donors (Lipinski definition) is 9. The molecule has 4 unspecified atom stereocenters. The van der Waals surface area contributed by atoms with Crippen molar-refractivity contribution in [1.29, 1.82) is 0 Å². The number of aromatic amines is 2. The molecule has 196 valence electrons. The first-order valence-electron chi connectivity index (χ1n) is 10.8. The Morgan fingerprint density at radius 1 is 0.889 bits per heavy atom. The molecule has 0 bridgehead atoms. The number of thiol groups is 1. The second kappa shape index (κ2) is 13.8. The van der Waals surface area contributed by atoms with Crippen molar-refractivity contribution in [1.82, 2.24) is 35.9 Å². The van der Waals surface area contributed by atoms with Gasteiger partial charge in [-0.3, -0.25) is 19.2 Å². The molecule has 2 aromatic heterocycles. The highest BCUT2D eigenvalue weighted by Crippen LogP contribution is 2.04. The fourth-order valence-corrected chi connectivity index (χ4v) is 3.37. The van der Waals surface area contributed by atoms with Crippen molar-refractivity contribution < 1.29 is 29.1 Å². The van der Waals surface area contributed by atoms with Gasteiger partial charge in [0.05, 0.1) is 18.7 Å². The van der Waals surface area contributed by atoms with Gasteiger partial charge in [-0.1, -0.05) is 0 Å². The minimum Gasteiger partial charge on any atom is -0.480 e. The van der Waals surface area contributed by atoms with Crippen LogP contribution in [0.15, 0.2) is 25.0 Å². The summed E-state index contributed by atoms with van der Waals surface area (Å²) >= 11 is 4.11. The van der Waals surface area contributed by atoms with Crippen LogP contribution in [0.1, 0.15) is 24.2 Å². The number of carboxylic acid groups (broad SMARTS) is 1. The first kappa shape index (κ1) is 28.3. The van der Waals surface area contributed by atoms with Crippen molar-refractivity contribution in [2.24, 2.45) is 11.5 Å². The van der Waals surface area contributed by atoms with E-state index in [0.29, 0.717) is 11.4 Å². The fraction of sp³-hybridized carbons (Fsp3) is 0.450. The molecule has 2 aromatic rings. The number of nitrogens with two attached hydrogens (primary N) is 2. The summed E-state index contributed by atoms with van der Waals surface area (Å²) in [5, 5.41) is 16.7. The van der Waals surface area contributed by atoms with Crippen LogP contribution in [0.5, 0.6) is 0 Å². The number of H-pyrrole nitrogens is 2. The van der Waals surface area contributed by atoms with Gasteiger partial charge < -0.3 is 42.5 Å². The highest BCUT2D eigenvalue weighted by atomic mass is 32.1. The first-order valence-corrected chi connectivity index (χ1v) is 11.5. The fourth-order valence-electron chi connectivity index (χ4n) is 3.11. The van der Waals surface area contributed by atoms with Crippen LogP contribution in [-0.4, -0.2) is 84.6 Å². The standard InChI is InChI=1S/C20H29N9O6S/c21-12(3-10-5-23-8-25-10)17(31)29-15(7-36)19(33)28-14(4-11-6-24-9-26-11)18(32)27-13(20(34)35)1-2-16(22)30/h5-6,8-9,12-15,36H,1-4,7,21H2,(H2,22,30)(H,23,25)(H,24,26)(H,27,32)(H,28,33)(H,29,31)(H,34,35). The Kier molecular flexibility index (Phi) is 10.9. The Balaban J connectivity index is 2.08. The van der Waals surface area contributed by atoms with Gasteiger partial charge in [0.1, 0.15) is 18.1 Å². The number of imidazole rings is 2. The van der Waals surface area contributed by atoms with Crippen LogP contribution in [-0.2, 0) is 36.8 Å². The molecule has 0 saturated carbocycles. The van der Waals surface area contributed by atoms with Gasteiger partial charge in [-0.05, 0) is 6.42 Å². The summed E-state index contributed by atoms with van der Waals surface area (Å²) in [6.45, 7) is 0. The van der Waals surface area contributed by atoms with E-state index in [1.807, 2.05) is 0 Å². The molecule has 2 heterocycles. The number of rotatable bonds is 15. The molecule has 10 N–H and O–H groups in total. The molecule has 0 aliphatic rings. The Hall–Kier alpha value is -3.92. The summed E-state index contributed by atoms with van der Waals surface area (Å²) in [4.78, 5) is 74.2. The maximum Gasteiger partial charge on any atom is 0.326 e. The van der Waals surface area contributed by atoms with E-state index in [-0.39, 0.29) is 31.4 Å². The van der Waals surface area contributed by atoms with E-state index in [1.54, 1.807) is 0 Å². The van der Waals surface area contributed by atoms with E-state index in [0.717, 1.165) is 0 Å². The van der Waals surface area contributed by atoms with Crippen molar-refractivity contribution in [2.45, 2.75) is 49.9 Å². The molecule has 0 saturated heterocycles. The monoisotopic (exact) mass is 523 g/mol. The molecule has 0 aromatic carbocycles. The van der Waals surface area contributed by atoms with E-state index in [2.05, 4.69) is 48.5 Å². The second-order valence-corrected chi connectivity index (χ2v) is 8.24. The van der Waals surface area contributed by atoms with Gasteiger partial charge in [0, 0.05) is 48.8 Å². The molecule has 0 spiro atoms. The third-order valence-electron chi connectivity index (χ3n) is 5.05. The Labute approximate surface area is 211 Å². The summed E-state index contributed by atoms with van der Waals surface area (Å²) in [7, 11) is 0. The predicted octanol–water partition coefficient (Wildman–Crippen LogP) is -3.02. The lowest BCUT2D eigenvalue weighted by atomic mass is 10.1. The van der Waals surface area contributed by atoms with Crippen LogP contribution in [0.4, 0.5) is 0 Å². The predicted molar refractivity (Wildman–Crippen MR) is 128 cm³/mol. The molecule has 0 aliphatic heterocycles. The van der Waals surface area contributed by atoms with Crippen LogP contribution in [0, 0.1) is 0 Å². The van der Waals surface area contributed by atoms with E-state index >= 15 is 0 Å². The van der Waals surface area contributed by atoms with Crippen molar-refractivity contribution in [3.63, 3.8) is 0 Å². The minimum atomic E-state index is -1.41. The van der Waals surface area contributed by atoms with Crippen LogP contribution in [0.2, 0.25) is 0 Å². The number of aliphatic carboxylic acids is 1. The van der Waals surface area contributed by atoms with Gasteiger partial charge in [-0.25, -0.2) is 14.8 Å². The highest BCUT2D eigenvalue weighted by molar-refractivity contribution is 7.80. The molecule has 0 radical (unpaired) electrons. The van der Waals surface area contributed by atoms with Crippen molar-refractivity contribution >= 4 is 42.2 Å². The lowest BCUT2D eigenvalue weighted by Gasteiger charge is -2.24. The third-order valence-corrected chi connectivity index (χ3v) is 5.42. The summed E-state index contributed by atoms with van der Waals surface area (Å²) in [6, 6.07) is -4.78. The summed E-state index contributed by atoms with van der Waals surface area (Å²) in [5.74, 6) is -4.39. The number of nitrogens with zero attached hydrogens (tertiary/aromatic N) is 2. The van der Waals surface area contributed by atoms with Crippen LogP contribution >= 0.6 is 12.6 Å². The zero-order valence-electron chi connectivity index (χ0n) is 19.1. The number of nitrogens with one attached hydrogen (secondary N) is 5. The maximum atomic E-state index is 12.9. The average molecular weight is 524 g/mol. The summed E-state index contributed by atoms with van der Waals surface area (Å²) < 4.78 is 0. The molecule has 15 nitrogen and oxygen atoms in total. The van der Waals surface area contributed by atoms with Crippen LogP contribution in [0.25, 0.3) is 0 Å². The number of primary amides is 1. The summed E-state index contributed by atoms with van der Waals surface area (Å²) in [6.07, 6.45) is 5.36. The molecule has 0 aliphatic carbocycles. The van der Waals surface area contributed by atoms with Gasteiger partial charge in [0.2, 0.25) is 23.6 Å². The second-order valence-electron chi connectivity index (χ2n) is 7.88. The molecular formula is C20H29N9O6S. The molecule has 4 amide bonds.